The molecule has 0 spiro atoms. The van der Waals surface area contributed by atoms with Crippen LogP contribution >= 0.6 is 23.2 Å². The molecule has 0 aliphatic rings. The number of alkyl halides is 3. The van der Waals surface area contributed by atoms with E-state index in [9.17, 15) is 22.8 Å². The number of aryl methyl sites for hydroxylation is 1. The molecule has 0 saturated heterocycles. The molecular weight excluding hydrogens is 396 g/mol. The average molecular weight is 407 g/mol. The van der Waals surface area contributed by atoms with E-state index in [-0.39, 0.29) is 26.9 Å². The van der Waals surface area contributed by atoms with Gasteiger partial charge >= 0.3 is 12.1 Å². The van der Waals surface area contributed by atoms with Gasteiger partial charge in [-0.05, 0) is 23.8 Å². The molecule has 0 unspecified atom stereocenters. The second-order valence-electron chi connectivity index (χ2n) is 5.08. The van der Waals surface area contributed by atoms with Crippen LogP contribution in [-0.2, 0) is 22.8 Å². The van der Waals surface area contributed by atoms with E-state index in [4.69, 9.17) is 23.2 Å². The SMILES string of the molecule is COC(=O)/C(Cl)=C/c1cc(-c2nn(C)c(C(F)(F)F)cc2=O)ccc1Cl. The molecule has 1 aromatic carbocycles. The molecule has 26 heavy (non-hydrogen) atoms. The highest BCUT2D eigenvalue weighted by molar-refractivity contribution is 6.43. The lowest BCUT2D eigenvalue weighted by atomic mass is 10.1. The molecule has 0 amide bonds. The summed E-state index contributed by atoms with van der Waals surface area (Å²) in [5.41, 5.74) is -1.81. The molecule has 2 rings (SSSR count). The first-order valence-electron chi connectivity index (χ1n) is 6.95. The van der Waals surface area contributed by atoms with E-state index in [1.54, 1.807) is 0 Å². The standard InChI is InChI=1S/C16H11Cl2F3N2O3/c1-23-13(16(19,20)21)7-12(24)14(22-23)8-3-4-10(17)9(5-8)6-11(18)15(25)26-2/h3-7H,1-2H3/b11-6-. The molecule has 0 aliphatic heterocycles. The second kappa shape index (κ2) is 7.51. The summed E-state index contributed by atoms with van der Waals surface area (Å²) in [7, 11) is 2.23. The quantitative estimate of drug-likeness (QED) is 0.573. The van der Waals surface area contributed by atoms with Crippen molar-refractivity contribution in [1.82, 2.24) is 9.78 Å². The number of halogens is 5. The van der Waals surface area contributed by atoms with Crippen molar-refractivity contribution >= 4 is 35.2 Å². The van der Waals surface area contributed by atoms with Gasteiger partial charge in [0.1, 0.15) is 16.4 Å². The number of rotatable bonds is 3. The summed E-state index contributed by atoms with van der Waals surface area (Å²) in [4.78, 5) is 23.5. The molecule has 0 N–H and O–H groups in total. The topological polar surface area (TPSA) is 61.2 Å². The van der Waals surface area contributed by atoms with Crippen molar-refractivity contribution in [3.05, 3.63) is 55.8 Å². The number of methoxy groups -OCH3 is 1. The molecule has 5 nitrogen and oxygen atoms in total. The Bertz CT molecular complexity index is 953. The van der Waals surface area contributed by atoms with E-state index in [1.165, 1.54) is 24.3 Å². The van der Waals surface area contributed by atoms with E-state index in [2.05, 4.69) is 9.84 Å². The predicted octanol–water partition coefficient (Wildman–Crippen LogP) is 3.87. The van der Waals surface area contributed by atoms with Crippen molar-refractivity contribution in [3.8, 4) is 11.3 Å². The fourth-order valence-corrected chi connectivity index (χ4v) is 2.47. The van der Waals surface area contributed by atoms with Crippen LogP contribution in [0.5, 0.6) is 0 Å². The fraction of sp³-hybridized carbons (Fsp3) is 0.188. The largest absolute Gasteiger partial charge is 0.465 e. The van der Waals surface area contributed by atoms with Crippen LogP contribution in [0, 0.1) is 0 Å². The molecule has 2 aromatic rings. The number of carbonyl (C=O) groups is 1. The minimum absolute atomic E-state index is 0.207. The Morgan fingerprint density at radius 3 is 2.54 bits per heavy atom. The highest BCUT2D eigenvalue weighted by atomic mass is 35.5. The third-order valence-electron chi connectivity index (χ3n) is 3.32. The van der Waals surface area contributed by atoms with Crippen molar-refractivity contribution in [2.75, 3.05) is 7.11 Å². The molecule has 1 heterocycles. The first-order chi connectivity index (χ1) is 12.0. The van der Waals surface area contributed by atoms with Crippen molar-refractivity contribution in [3.63, 3.8) is 0 Å². The summed E-state index contributed by atoms with van der Waals surface area (Å²) in [5, 5.41) is 3.65. The maximum absolute atomic E-state index is 12.8. The van der Waals surface area contributed by atoms with Crippen LogP contribution in [0.15, 0.2) is 34.1 Å². The summed E-state index contributed by atoms with van der Waals surface area (Å²) in [6, 6.07) is 4.67. The number of benzene rings is 1. The van der Waals surface area contributed by atoms with Crippen LogP contribution < -0.4 is 5.43 Å². The molecular formula is C16H11Cl2F3N2O3. The predicted molar refractivity (Wildman–Crippen MR) is 90.8 cm³/mol. The van der Waals surface area contributed by atoms with Gasteiger partial charge in [-0.3, -0.25) is 9.48 Å². The number of hydrogen-bond donors (Lipinski definition) is 0. The Hall–Kier alpha value is -2.32. The fourth-order valence-electron chi connectivity index (χ4n) is 2.10. The molecule has 0 atom stereocenters. The van der Waals surface area contributed by atoms with Gasteiger partial charge in [0.15, 0.2) is 0 Å². The van der Waals surface area contributed by atoms with E-state index in [1.807, 2.05) is 0 Å². The van der Waals surface area contributed by atoms with E-state index >= 15 is 0 Å². The summed E-state index contributed by atoms with van der Waals surface area (Å²) in [5.74, 6) is -0.795. The molecule has 1 aromatic heterocycles. The number of hydrogen-bond acceptors (Lipinski definition) is 4. The van der Waals surface area contributed by atoms with Gasteiger partial charge in [0, 0.05) is 23.7 Å². The molecule has 0 aliphatic carbocycles. The van der Waals surface area contributed by atoms with Crippen molar-refractivity contribution in [1.29, 1.82) is 0 Å². The Balaban J connectivity index is 2.58. The second-order valence-corrected chi connectivity index (χ2v) is 5.90. The summed E-state index contributed by atoms with van der Waals surface area (Å²) >= 11 is 11.8. The van der Waals surface area contributed by atoms with E-state index < -0.39 is 23.3 Å². The highest BCUT2D eigenvalue weighted by Gasteiger charge is 2.34. The molecule has 0 fully saturated rings. The van der Waals surface area contributed by atoms with Gasteiger partial charge in [-0.1, -0.05) is 29.3 Å². The maximum Gasteiger partial charge on any atom is 0.433 e. The average Bonchev–Trinajstić information content (AvgIpc) is 2.56. The molecule has 138 valence electrons. The zero-order valence-corrected chi connectivity index (χ0v) is 14.9. The minimum atomic E-state index is -4.71. The van der Waals surface area contributed by atoms with Crippen LogP contribution in [-0.4, -0.2) is 22.9 Å². The molecule has 0 radical (unpaired) electrons. The van der Waals surface area contributed by atoms with E-state index in [0.29, 0.717) is 10.7 Å². The van der Waals surface area contributed by atoms with Gasteiger partial charge in [0.2, 0.25) is 5.43 Å². The number of carbonyl (C=O) groups excluding carboxylic acids is 1. The summed E-state index contributed by atoms with van der Waals surface area (Å²) in [6.07, 6.45) is -3.49. The Kier molecular flexibility index (Phi) is 5.77. The number of aromatic nitrogens is 2. The summed E-state index contributed by atoms with van der Waals surface area (Å²) in [6.45, 7) is 0. The minimum Gasteiger partial charge on any atom is -0.465 e. The first kappa shape index (κ1) is 20.0. The Morgan fingerprint density at radius 1 is 1.31 bits per heavy atom. The molecule has 0 bridgehead atoms. The zero-order valence-electron chi connectivity index (χ0n) is 13.4. The lowest BCUT2D eigenvalue weighted by molar-refractivity contribution is -0.144. The van der Waals surface area contributed by atoms with Gasteiger partial charge in [-0.2, -0.15) is 18.3 Å². The third kappa shape index (κ3) is 4.25. The smallest absolute Gasteiger partial charge is 0.433 e. The Labute approximate surface area is 155 Å². The van der Waals surface area contributed by atoms with Gasteiger partial charge in [0.25, 0.3) is 0 Å². The lowest BCUT2D eigenvalue weighted by Gasteiger charge is -2.12. The summed E-state index contributed by atoms with van der Waals surface area (Å²) < 4.78 is 43.6. The maximum atomic E-state index is 12.8. The van der Waals surface area contributed by atoms with Gasteiger partial charge < -0.3 is 4.74 Å². The van der Waals surface area contributed by atoms with Gasteiger partial charge in [0.05, 0.1) is 7.11 Å². The van der Waals surface area contributed by atoms with Crippen molar-refractivity contribution < 1.29 is 22.7 Å². The van der Waals surface area contributed by atoms with Crippen LogP contribution in [0.1, 0.15) is 11.3 Å². The Morgan fingerprint density at radius 2 is 1.96 bits per heavy atom. The van der Waals surface area contributed by atoms with Crippen LogP contribution in [0.3, 0.4) is 0 Å². The third-order valence-corrected chi connectivity index (χ3v) is 3.93. The normalized spacial score (nSPS) is 12.2. The van der Waals surface area contributed by atoms with Crippen molar-refractivity contribution in [2.24, 2.45) is 7.05 Å². The monoisotopic (exact) mass is 406 g/mol. The van der Waals surface area contributed by atoms with Crippen molar-refractivity contribution in [2.45, 2.75) is 6.18 Å². The first-order valence-corrected chi connectivity index (χ1v) is 7.71. The number of esters is 1. The molecule has 0 saturated carbocycles. The molecule has 10 heteroatoms. The zero-order chi connectivity index (χ0) is 19.6. The number of nitrogens with zero attached hydrogens (tertiary/aromatic N) is 2. The van der Waals surface area contributed by atoms with Gasteiger partial charge in [-0.15, -0.1) is 0 Å². The number of ether oxygens (including phenoxy) is 1. The van der Waals surface area contributed by atoms with Crippen LogP contribution in [0.2, 0.25) is 5.02 Å². The van der Waals surface area contributed by atoms with E-state index in [0.717, 1.165) is 14.2 Å². The highest BCUT2D eigenvalue weighted by Crippen LogP contribution is 2.29. The van der Waals surface area contributed by atoms with Crippen LogP contribution in [0.25, 0.3) is 17.3 Å². The lowest BCUT2D eigenvalue weighted by Crippen LogP contribution is -2.22. The van der Waals surface area contributed by atoms with Gasteiger partial charge in [-0.25, -0.2) is 4.79 Å². The van der Waals surface area contributed by atoms with Crippen LogP contribution in [0.4, 0.5) is 13.2 Å².